The molecular formula is C32H37NO11. The van der Waals surface area contributed by atoms with Gasteiger partial charge in [0.1, 0.15) is 48.8 Å². The van der Waals surface area contributed by atoms with Crippen LogP contribution in [0.4, 0.5) is 0 Å². The van der Waals surface area contributed by atoms with Crippen molar-refractivity contribution in [3.63, 3.8) is 0 Å². The zero-order valence-corrected chi connectivity index (χ0v) is 23.8. The number of carbonyl (C=O) groups excluding carboxylic acids is 1. The number of aryl methyl sites for hydroxylation is 1. The van der Waals surface area contributed by atoms with E-state index in [-0.39, 0.29) is 6.42 Å². The van der Waals surface area contributed by atoms with E-state index in [0.717, 1.165) is 16.3 Å². The summed E-state index contributed by atoms with van der Waals surface area (Å²) >= 11 is 0. The maximum Gasteiger partial charge on any atom is 0.222 e. The molecule has 0 spiro atoms. The lowest BCUT2D eigenvalue weighted by atomic mass is 9.90. The average Bonchev–Trinajstić information content (AvgIpc) is 3.03. The summed E-state index contributed by atoms with van der Waals surface area (Å²) in [5.74, 6) is -0.427. The smallest absolute Gasteiger partial charge is 0.222 e. The van der Waals surface area contributed by atoms with E-state index in [1.54, 1.807) is 0 Å². The Hall–Kier alpha value is -3.01. The molecule has 44 heavy (non-hydrogen) atoms. The minimum absolute atomic E-state index is 0.110. The quantitative estimate of drug-likeness (QED) is 0.115. The van der Waals surface area contributed by atoms with Crippen LogP contribution in [-0.4, -0.2) is 116 Å². The average molecular weight is 612 g/mol. The Bertz CT molecular complexity index is 1580. The van der Waals surface area contributed by atoms with Gasteiger partial charge in [-0.3, -0.25) is 4.79 Å². The molecule has 10 atom stereocenters. The van der Waals surface area contributed by atoms with Gasteiger partial charge in [-0.2, -0.15) is 0 Å². The van der Waals surface area contributed by atoms with Crippen molar-refractivity contribution < 1.29 is 54.8 Å². The molecule has 0 bridgehead atoms. The second-order valence-corrected chi connectivity index (χ2v) is 11.6. The maximum atomic E-state index is 12.9. The summed E-state index contributed by atoms with van der Waals surface area (Å²) in [5.41, 5.74) is 1.11. The lowest BCUT2D eigenvalue weighted by Gasteiger charge is -2.46. The molecule has 1 amide bonds. The van der Waals surface area contributed by atoms with Crippen LogP contribution in [0.15, 0.2) is 54.6 Å². The predicted molar refractivity (Wildman–Crippen MR) is 158 cm³/mol. The molecule has 0 aromatic heterocycles. The second-order valence-electron chi connectivity index (χ2n) is 11.6. The monoisotopic (exact) mass is 611 g/mol. The number of ether oxygens (including phenoxy) is 3. The van der Waals surface area contributed by atoms with E-state index in [0.29, 0.717) is 12.8 Å². The summed E-state index contributed by atoms with van der Waals surface area (Å²) < 4.78 is 16.5. The summed E-state index contributed by atoms with van der Waals surface area (Å²) in [4.78, 5) is 12.9. The van der Waals surface area contributed by atoms with Crippen LogP contribution in [0, 0.1) is 0 Å². The van der Waals surface area contributed by atoms with Crippen LogP contribution < -0.4 is 5.32 Å². The topological polar surface area (TPSA) is 198 Å². The zero-order valence-electron chi connectivity index (χ0n) is 23.8. The van der Waals surface area contributed by atoms with Crippen LogP contribution in [0.2, 0.25) is 0 Å². The summed E-state index contributed by atoms with van der Waals surface area (Å²) in [6.07, 6.45) is -14.2. The molecule has 2 aliphatic rings. The lowest BCUT2D eigenvalue weighted by Crippen LogP contribution is -2.66. The molecule has 6 rings (SSSR count). The van der Waals surface area contributed by atoms with Crippen molar-refractivity contribution in [1.82, 2.24) is 5.32 Å². The van der Waals surface area contributed by atoms with Gasteiger partial charge in [0.05, 0.1) is 13.2 Å². The van der Waals surface area contributed by atoms with Gasteiger partial charge in [0, 0.05) is 6.42 Å². The van der Waals surface area contributed by atoms with E-state index in [4.69, 9.17) is 14.2 Å². The van der Waals surface area contributed by atoms with Gasteiger partial charge in [0.2, 0.25) is 5.91 Å². The van der Waals surface area contributed by atoms with Gasteiger partial charge in [0.15, 0.2) is 12.5 Å². The third kappa shape index (κ3) is 5.63. The molecular weight excluding hydrogens is 574 g/mol. The number of hydrogen-bond donors (Lipinski definition) is 8. The van der Waals surface area contributed by atoms with Crippen molar-refractivity contribution in [3.05, 3.63) is 60.2 Å². The SMILES string of the molecule is O=C(CCCc1ccc2ccc3cccc4ccc1c2c34)N[C@@H]1O[C@H](CO)[C@@H](O[C@@H]2O[C@H](CO)[C@@H](O)[C@H](O)[C@H]2O)[C@H](O)[C@H]1O. The summed E-state index contributed by atoms with van der Waals surface area (Å²) in [5, 5.41) is 80.8. The number of amides is 1. The molecule has 8 N–H and O–H groups in total. The van der Waals surface area contributed by atoms with Crippen molar-refractivity contribution in [1.29, 1.82) is 0 Å². The minimum atomic E-state index is -1.76. The highest BCUT2D eigenvalue weighted by Gasteiger charge is 2.50. The standard InChI is InChI=1S/C32H37NO11/c34-13-20-25(37)26(38)29(41)32(43-20)44-30-21(14-35)42-31(28(40)27(30)39)33-22(36)6-2-3-15-7-8-18-10-9-16-4-1-5-17-11-12-19(15)24(18)23(16)17/h1,4-5,7-12,20-21,25-32,34-35,37-41H,2-3,6,13-14H2,(H,33,36)/t20-,21-,25-,26+,27-,28-,29-,30-,31-,32+/m1/s1. The molecule has 12 nitrogen and oxygen atoms in total. The van der Waals surface area contributed by atoms with E-state index in [1.807, 2.05) is 6.07 Å². The highest BCUT2D eigenvalue weighted by Crippen LogP contribution is 2.36. The summed E-state index contributed by atoms with van der Waals surface area (Å²) in [6, 6.07) is 18.9. The Morgan fingerprint density at radius 1 is 0.727 bits per heavy atom. The normalized spacial score (nSPS) is 32.9. The highest BCUT2D eigenvalue weighted by molar-refractivity contribution is 6.23. The second kappa shape index (κ2) is 12.8. The molecule has 4 aromatic rings. The predicted octanol–water partition coefficient (Wildman–Crippen LogP) is -0.353. The van der Waals surface area contributed by atoms with Crippen LogP contribution in [0.3, 0.4) is 0 Å². The summed E-state index contributed by atoms with van der Waals surface area (Å²) in [6.45, 7) is -1.38. The van der Waals surface area contributed by atoms with Gasteiger partial charge < -0.3 is 55.3 Å². The van der Waals surface area contributed by atoms with Crippen LogP contribution in [0.1, 0.15) is 18.4 Å². The molecule has 2 fully saturated rings. The number of aliphatic hydroxyl groups is 7. The molecule has 2 saturated heterocycles. The van der Waals surface area contributed by atoms with Gasteiger partial charge >= 0.3 is 0 Å². The Morgan fingerprint density at radius 2 is 1.39 bits per heavy atom. The Kier molecular flexibility index (Phi) is 9.00. The van der Waals surface area contributed by atoms with E-state index < -0.39 is 80.5 Å². The van der Waals surface area contributed by atoms with Crippen molar-refractivity contribution in [2.75, 3.05) is 13.2 Å². The number of rotatable bonds is 9. The Labute approximate surface area is 252 Å². The van der Waals surface area contributed by atoms with Gasteiger partial charge in [-0.05, 0) is 50.7 Å². The van der Waals surface area contributed by atoms with Crippen molar-refractivity contribution in [2.45, 2.75) is 80.6 Å². The Morgan fingerprint density at radius 3 is 2.09 bits per heavy atom. The third-order valence-corrected chi connectivity index (χ3v) is 8.78. The first-order chi connectivity index (χ1) is 21.2. The summed E-state index contributed by atoms with van der Waals surface area (Å²) in [7, 11) is 0. The van der Waals surface area contributed by atoms with Crippen LogP contribution in [0.5, 0.6) is 0 Å². The lowest BCUT2D eigenvalue weighted by molar-refractivity contribution is -0.343. The van der Waals surface area contributed by atoms with Crippen LogP contribution >= 0.6 is 0 Å². The van der Waals surface area contributed by atoms with Gasteiger partial charge in [-0.1, -0.05) is 54.6 Å². The zero-order chi connectivity index (χ0) is 31.1. The highest BCUT2D eigenvalue weighted by atomic mass is 16.7. The molecule has 0 radical (unpaired) electrons. The third-order valence-electron chi connectivity index (χ3n) is 8.78. The van der Waals surface area contributed by atoms with Crippen molar-refractivity contribution in [3.8, 4) is 0 Å². The molecule has 0 aliphatic carbocycles. The van der Waals surface area contributed by atoms with Crippen molar-refractivity contribution >= 4 is 38.2 Å². The van der Waals surface area contributed by atoms with E-state index in [1.165, 1.54) is 21.5 Å². The number of hydrogen-bond acceptors (Lipinski definition) is 11. The van der Waals surface area contributed by atoms with E-state index in [2.05, 4.69) is 53.8 Å². The molecule has 0 unspecified atom stereocenters. The molecule has 0 saturated carbocycles. The molecule has 2 aliphatic heterocycles. The number of aliphatic hydroxyl groups excluding tert-OH is 7. The van der Waals surface area contributed by atoms with Crippen LogP contribution in [0.25, 0.3) is 32.3 Å². The fourth-order valence-corrected chi connectivity index (χ4v) is 6.39. The number of carbonyl (C=O) groups is 1. The van der Waals surface area contributed by atoms with E-state index in [9.17, 15) is 40.5 Å². The fourth-order valence-electron chi connectivity index (χ4n) is 6.39. The minimum Gasteiger partial charge on any atom is -0.394 e. The van der Waals surface area contributed by atoms with Crippen molar-refractivity contribution in [2.24, 2.45) is 0 Å². The van der Waals surface area contributed by atoms with E-state index >= 15 is 0 Å². The molecule has 12 heteroatoms. The largest absolute Gasteiger partial charge is 0.394 e. The molecule has 2 heterocycles. The maximum absolute atomic E-state index is 12.9. The van der Waals surface area contributed by atoms with Crippen LogP contribution in [-0.2, 0) is 25.4 Å². The first-order valence-electron chi connectivity index (χ1n) is 14.7. The van der Waals surface area contributed by atoms with Gasteiger partial charge in [-0.15, -0.1) is 0 Å². The fraction of sp³-hybridized carbons (Fsp3) is 0.469. The Balaban J connectivity index is 1.08. The van der Waals surface area contributed by atoms with Gasteiger partial charge in [-0.25, -0.2) is 0 Å². The first-order valence-corrected chi connectivity index (χ1v) is 14.7. The first kappa shape index (κ1) is 31.0. The molecule has 236 valence electrons. The molecule has 4 aromatic carbocycles. The number of nitrogens with one attached hydrogen (secondary N) is 1. The number of benzene rings is 4. The van der Waals surface area contributed by atoms with Gasteiger partial charge in [0.25, 0.3) is 0 Å².